The molecule has 0 atom stereocenters. The zero-order chi connectivity index (χ0) is 19.3. The summed E-state index contributed by atoms with van der Waals surface area (Å²) in [6.45, 7) is 6.62. The van der Waals surface area contributed by atoms with Crippen molar-refractivity contribution in [2.45, 2.75) is 40.2 Å². The molecule has 0 saturated heterocycles. The monoisotopic (exact) mass is 360 g/mol. The highest BCUT2D eigenvalue weighted by Crippen LogP contribution is 2.34. The Morgan fingerprint density at radius 3 is 2.38 bits per heavy atom. The Morgan fingerprint density at radius 2 is 1.85 bits per heavy atom. The van der Waals surface area contributed by atoms with Crippen LogP contribution >= 0.6 is 0 Å². The summed E-state index contributed by atoms with van der Waals surface area (Å²) in [4.78, 5) is 23.0. The molecule has 1 N–H and O–H groups in total. The third kappa shape index (κ3) is 3.94. The first-order chi connectivity index (χ1) is 12.4. The lowest BCUT2D eigenvalue weighted by Gasteiger charge is -2.09. The molecule has 0 aliphatic carbocycles. The van der Waals surface area contributed by atoms with Gasteiger partial charge in [-0.2, -0.15) is 0 Å². The fraction of sp³-hybridized carbons (Fsp3) is 0.421. The first kappa shape index (κ1) is 19.7. The number of rotatable bonds is 8. The zero-order valence-electron chi connectivity index (χ0n) is 15.3. The minimum absolute atomic E-state index is 0.00295. The van der Waals surface area contributed by atoms with Crippen LogP contribution in [-0.4, -0.2) is 33.8 Å². The fourth-order valence-corrected chi connectivity index (χ4v) is 3.16. The second-order valence-electron chi connectivity index (χ2n) is 6.03. The summed E-state index contributed by atoms with van der Waals surface area (Å²) in [5.41, 5.74) is 3.66. The maximum Gasteiger partial charge on any atom is 0.340 e. The van der Waals surface area contributed by atoms with Crippen molar-refractivity contribution in [3.05, 3.63) is 51.3 Å². The van der Waals surface area contributed by atoms with Crippen molar-refractivity contribution in [1.29, 1.82) is 0 Å². The lowest BCUT2D eigenvalue weighted by Crippen LogP contribution is -2.08. The summed E-state index contributed by atoms with van der Waals surface area (Å²) in [6.07, 6.45) is 1.47. The maximum atomic E-state index is 12.5. The molecule has 7 nitrogen and oxygen atoms in total. The molecule has 0 unspecified atom stereocenters. The summed E-state index contributed by atoms with van der Waals surface area (Å²) in [6, 6.07) is 6.17. The number of non-ortho nitro benzene ring substituents is 1. The second kappa shape index (κ2) is 8.62. The number of nitrogens with zero attached hydrogens (tertiary/aromatic N) is 2. The van der Waals surface area contributed by atoms with Gasteiger partial charge in [0.15, 0.2) is 0 Å². The van der Waals surface area contributed by atoms with Crippen molar-refractivity contribution in [2.24, 2.45) is 0 Å². The van der Waals surface area contributed by atoms with Gasteiger partial charge in [0.1, 0.15) is 0 Å². The van der Waals surface area contributed by atoms with Gasteiger partial charge in [0.2, 0.25) is 0 Å². The Balaban J connectivity index is 2.55. The molecule has 26 heavy (non-hydrogen) atoms. The van der Waals surface area contributed by atoms with E-state index in [-0.39, 0.29) is 18.9 Å². The van der Waals surface area contributed by atoms with Crippen molar-refractivity contribution >= 4 is 11.7 Å². The number of benzene rings is 1. The smallest absolute Gasteiger partial charge is 0.340 e. The Labute approximate surface area is 152 Å². The van der Waals surface area contributed by atoms with Crippen LogP contribution in [0.15, 0.2) is 24.3 Å². The van der Waals surface area contributed by atoms with Crippen molar-refractivity contribution in [3.8, 4) is 11.1 Å². The van der Waals surface area contributed by atoms with Crippen molar-refractivity contribution < 1.29 is 19.6 Å². The number of aromatic nitrogens is 1. The van der Waals surface area contributed by atoms with E-state index in [0.717, 1.165) is 28.9 Å². The number of unbranched alkanes of at least 4 members (excludes halogenated alkanes) is 1. The minimum atomic E-state index is -0.450. The predicted molar refractivity (Wildman–Crippen MR) is 98.3 cm³/mol. The molecule has 0 spiro atoms. The molecule has 0 amide bonds. The minimum Gasteiger partial charge on any atom is -0.462 e. The molecule has 0 bridgehead atoms. The summed E-state index contributed by atoms with van der Waals surface area (Å²) >= 11 is 0. The van der Waals surface area contributed by atoms with Crippen molar-refractivity contribution in [1.82, 2.24) is 4.57 Å². The van der Waals surface area contributed by atoms with Crippen LogP contribution in [0.2, 0.25) is 0 Å². The predicted octanol–water partition coefficient (Wildman–Crippen LogP) is 3.63. The molecule has 0 saturated carbocycles. The highest BCUT2D eigenvalue weighted by Gasteiger charge is 2.25. The number of nitro groups is 1. The number of carbonyl (C=O) groups excluding carboxylic acids is 1. The Hall–Kier alpha value is -2.67. The van der Waals surface area contributed by atoms with Crippen LogP contribution in [0.4, 0.5) is 5.69 Å². The highest BCUT2D eigenvalue weighted by molar-refractivity contribution is 5.99. The molecule has 2 rings (SSSR count). The molecule has 1 aromatic carbocycles. The van der Waals surface area contributed by atoms with Gasteiger partial charge in [-0.1, -0.05) is 0 Å². The normalized spacial score (nSPS) is 10.8. The third-order valence-corrected chi connectivity index (χ3v) is 4.42. The van der Waals surface area contributed by atoms with Gasteiger partial charge in [0, 0.05) is 42.2 Å². The summed E-state index contributed by atoms with van der Waals surface area (Å²) in [7, 11) is 0. The Kier molecular flexibility index (Phi) is 6.52. The summed E-state index contributed by atoms with van der Waals surface area (Å²) in [5, 5.41) is 19.9. The van der Waals surface area contributed by atoms with Crippen LogP contribution in [0.5, 0.6) is 0 Å². The van der Waals surface area contributed by atoms with Crippen molar-refractivity contribution in [2.75, 3.05) is 13.2 Å². The first-order valence-corrected chi connectivity index (χ1v) is 8.64. The molecule has 0 fully saturated rings. The Bertz CT molecular complexity index is 793. The lowest BCUT2D eigenvalue weighted by atomic mass is 10.0. The summed E-state index contributed by atoms with van der Waals surface area (Å²) < 4.78 is 7.27. The van der Waals surface area contributed by atoms with E-state index in [1.165, 1.54) is 12.1 Å². The molecular weight excluding hydrogens is 336 g/mol. The average molecular weight is 360 g/mol. The van der Waals surface area contributed by atoms with Gasteiger partial charge in [-0.05, 0) is 51.3 Å². The van der Waals surface area contributed by atoms with Crippen LogP contribution in [0, 0.1) is 24.0 Å². The molecule has 2 aromatic rings. The number of hydrogen-bond donors (Lipinski definition) is 1. The van der Waals surface area contributed by atoms with Crippen LogP contribution in [-0.2, 0) is 11.3 Å². The van der Waals surface area contributed by atoms with Gasteiger partial charge in [-0.25, -0.2) is 4.79 Å². The molecule has 0 aliphatic rings. The molecule has 1 heterocycles. The first-order valence-electron chi connectivity index (χ1n) is 8.64. The van der Waals surface area contributed by atoms with Crippen molar-refractivity contribution in [3.63, 3.8) is 0 Å². The largest absolute Gasteiger partial charge is 0.462 e. The van der Waals surface area contributed by atoms with Gasteiger partial charge in [-0.3, -0.25) is 10.1 Å². The van der Waals surface area contributed by atoms with Crippen LogP contribution < -0.4 is 0 Å². The third-order valence-electron chi connectivity index (χ3n) is 4.42. The fourth-order valence-electron chi connectivity index (χ4n) is 3.16. The number of aliphatic hydroxyl groups excluding tert-OH is 1. The second-order valence-corrected chi connectivity index (χ2v) is 6.03. The van der Waals surface area contributed by atoms with E-state index in [4.69, 9.17) is 9.84 Å². The van der Waals surface area contributed by atoms with E-state index in [9.17, 15) is 14.9 Å². The van der Waals surface area contributed by atoms with Crippen LogP contribution in [0.1, 0.15) is 41.5 Å². The number of carbonyl (C=O) groups is 1. The molecule has 0 aliphatic heterocycles. The van der Waals surface area contributed by atoms with E-state index >= 15 is 0 Å². The van der Waals surface area contributed by atoms with Gasteiger partial charge >= 0.3 is 5.97 Å². The van der Waals surface area contributed by atoms with Gasteiger partial charge in [0.25, 0.3) is 5.69 Å². The maximum absolute atomic E-state index is 12.5. The van der Waals surface area contributed by atoms with E-state index in [1.807, 2.05) is 18.4 Å². The van der Waals surface area contributed by atoms with E-state index < -0.39 is 10.9 Å². The number of esters is 1. The number of nitro benzene ring substituents is 1. The molecule has 7 heteroatoms. The topological polar surface area (TPSA) is 94.6 Å². The average Bonchev–Trinajstić information content (AvgIpc) is 2.86. The number of aliphatic hydroxyl groups is 1. The van der Waals surface area contributed by atoms with E-state index in [2.05, 4.69) is 0 Å². The van der Waals surface area contributed by atoms with E-state index in [1.54, 1.807) is 19.1 Å². The SMILES string of the molecule is CCOC(=O)c1c(-c2ccc([N+](=O)[O-])cc2)c(C)n(CCCCO)c1C. The molecule has 0 radical (unpaired) electrons. The van der Waals surface area contributed by atoms with Gasteiger partial charge in [-0.15, -0.1) is 0 Å². The van der Waals surface area contributed by atoms with E-state index in [0.29, 0.717) is 18.5 Å². The summed E-state index contributed by atoms with van der Waals surface area (Å²) in [5.74, 6) is -0.401. The van der Waals surface area contributed by atoms with Crippen LogP contribution in [0.25, 0.3) is 11.1 Å². The van der Waals surface area contributed by atoms with Crippen LogP contribution in [0.3, 0.4) is 0 Å². The number of ether oxygens (including phenoxy) is 1. The molecule has 140 valence electrons. The quantitative estimate of drug-likeness (QED) is 0.336. The van der Waals surface area contributed by atoms with Gasteiger partial charge in [0.05, 0.1) is 17.1 Å². The number of hydrogen-bond acceptors (Lipinski definition) is 5. The lowest BCUT2D eigenvalue weighted by molar-refractivity contribution is -0.384. The zero-order valence-corrected chi connectivity index (χ0v) is 15.3. The van der Waals surface area contributed by atoms with Gasteiger partial charge < -0.3 is 14.4 Å². The molecular formula is C19H24N2O5. The highest BCUT2D eigenvalue weighted by atomic mass is 16.6. The Morgan fingerprint density at radius 1 is 1.19 bits per heavy atom. The molecule has 1 aromatic heterocycles. The standard InChI is InChI=1S/C19H24N2O5/c1-4-26-19(23)18-14(3)20(11-5-6-12-22)13(2)17(18)15-7-9-16(10-8-15)21(24)25/h7-10,22H,4-6,11-12H2,1-3H3.